The van der Waals surface area contributed by atoms with Crippen LogP contribution in [0.2, 0.25) is 0 Å². The highest BCUT2D eigenvalue weighted by atomic mass is 16.5. The SMILES string of the molecule is CN1C(=O)C(NC(=O)c2cc(Oc3ccccc3)ccn2)COc2cc(C#Cc3ccccn3)ccc21. The average Bonchev–Trinajstić information content (AvgIpc) is 3.05. The Bertz CT molecular complexity index is 1500. The van der Waals surface area contributed by atoms with Crippen molar-refractivity contribution in [2.24, 2.45) is 0 Å². The first-order valence-electron chi connectivity index (χ1n) is 11.5. The molecule has 0 saturated heterocycles. The first-order chi connectivity index (χ1) is 18.1. The number of rotatable bonds is 4. The lowest BCUT2D eigenvalue weighted by Gasteiger charge is -2.20. The molecular weight excluding hydrogens is 468 g/mol. The van der Waals surface area contributed by atoms with E-state index in [0.717, 1.165) is 0 Å². The number of nitrogens with zero attached hydrogens (tertiary/aromatic N) is 3. The number of aromatic nitrogens is 2. The summed E-state index contributed by atoms with van der Waals surface area (Å²) in [6.45, 7) is -0.0424. The predicted molar refractivity (Wildman–Crippen MR) is 138 cm³/mol. The highest BCUT2D eigenvalue weighted by molar-refractivity contribution is 6.03. The van der Waals surface area contributed by atoms with Gasteiger partial charge in [-0.15, -0.1) is 0 Å². The Balaban J connectivity index is 1.29. The minimum atomic E-state index is -0.909. The maximum atomic E-state index is 13.1. The van der Waals surface area contributed by atoms with Crippen LogP contribution in [0.5, 0.6) is 17.2 Å². The van der Waals surface area contributed by atoms with Crippen molar-refractivity contribution in [1.29, 1.82) is 0 Å². The molecule has 2 amide bonds. The first-order valence-corrected chi connectivity index (χ1v) is 11.5. The first kappa shape index (κ1) is 23.6. The average molecular weight is 491 g/mol. The normalized spacial score (nSPS) is 14.4. The molecule has 3 heterocycles. The Morgan fingerprint density at radius 2 is 1.81 bits per heavy atom. The van der Waals surface area contributed by atoms with Crippen LogP contribution in [0.25, 0.3) is 0 Å². The van der Waals surface area contributed by atoms with Gasteiger partial charge in [-0.05, 0) is 54.5 Å². The molecule has 0 radical (unpaired) electrons. The molecule has 1 atom stereocenters. The van der Waals surface area contributed by atoms with Gasteiger partial charge in [-0.3, -0.25) is 14.6 Å². The number of para-hydroxylation sites is 1. The van der Waals surface area contributed by atoms with E-state index in [2.05, 4.69) is 27.1 Å². The van der Waals surface area contributed by atoms with Gasteiger partial charge in [-0.25, -0.2) is 4.98 Å². The van der Waals surface area contributed by atoms with Crippen molar-refractivity contribution in [2.45, 2.75) is 6.04 Å². The van der Waals surface area contributed by atoms with Crippen LogP contribution >= 0.6 is 0 Å². The Kier molecular flexibility index (Phi) is 6.77. The van der Waals surface area contributed by atoms with E-state index >= 15 is 0 Å². The van der Waals surface area contributed by atoms with E-state index in [-0.39, 0.29) is 18.2 Å². The van der Waals surface area contributed by atoms with Crippen LogP contribution in [-0.4, -0.2) is 41.5 Å². The summed E-state index contributed by atoms with van der Waals surface area (Å²) in [5.41, 5.74) is 2.08. The molecule has 1 aliphatic heterocycles. The fraction of sp³-hybridized carbons (Fsp3) is 0.103. The number of anilines is 1. The second kappa shape index (κ2) is 10.6. The van der Waals surface area contributed by atoms with Crippen LogP contribution in [0.3, 0.4) is 0 Å². The molecule has 0 bridgehead atoms. The van der Waals surface area contributed by atoms with Gasteiger partial charge in [-0.2, -0.15) is 0 Å². The third kappa shape index (κ3) is 5.57. The molecule has 8 nitrogen and oxygen atoms in total. The molecule has 4 aromatic rings. The van der Waals surface area contributed by atoms with Crippen LogP contribution in [0.4, 0.5) is 5.69 Å². The van der Waals surface area contributed by atoms with Crippen molar-refractivity contribution in [2.75, 3.05) is 18.6 Å². The van der Waals surface area contributed by atoms with Gasteiger partial charge < -0.3 is 19.7 Å². The molecule has 182 valence electrons. The van der Waals surface area contributed by atoms with E-state index in [1.54, 1.807) is 31.4 Å². The zero-order chi connectivity index (χ0) is 25.6. The van der Waals surface area contributed by atoms with Crippen LogP contribution in [-0.2, 0) is 4.79 Å². The lowest BCUT2D eigenvalue weighted by atomic mass is 10.1. The smallest absolute Gasteiger partial charge is 0.270 e. The molecule has 1 N–H and O–H groups in total. The lowest BCUT2D eigenvalue weighted by molar-refractivity contribution is -0.120. The minimum Gasteiger partial charge on any atom is -0.489 e. The molecule has 1 aliphatic rings. The predicted octanol–water partition coefficient (Wildman–Crippen LogP) is 3.82. The number of hydrogen-bond acceptors (Lipinski definition) is 6. The molecule has 5 rings (SSSR count). The largest absolute Gasteiger partial charge is 0.489 e. The number of likely N-dealkylation sites (N-methyl/N-ethyl adjacent to an activating group) is 1. The van der Waals surface area contributed by atoms with Gasteiger partial charge in [0.1, 0.15) is 41.3 Å². The Labute approximate surface area is 213 Å². The van der Waals surface area contributed by atoms with Gasteiger partial charge in [0.2, 0.25) is 0 Å². The zero-order valence-electron chi connectivity index (χ0n) is 19.9. The summed E-state index contributed by atoms with van der Waals surface area (Å²) in [6.07, 6.45) is 3.16. The van der Waals surface area contributed by atoms with Gasteiger partial charge in [-0.1, -0.05) is 30.2 Å². The molecule has 1 unspecified atom stereocenters. The number of pyridine rings is 2. The van der Waals surface area contributed by atoms with Crippen molar-refractivity contribution >= 4 is 17.5 Å². The van der Waals surface area contributed by atoms with Crippen LogP contribution in [0.1, 0.15) is 21.7 Å². The maximum Gasteiger partial charge on any atom is 0.270 e. The molecule has 2 aromatic heterocycles. The number of hydrogen-bond donors (Lipinski definition) is 1. The van der Waals surface area contributed by atoms with Crippen molar-refractivity contribution in [3.05, 3.63) is 108 Å². The van der Waals surface area contributed by atoms with Crippen molar-refractivity contribution in [3.63, 3.8) is 0 Å². The summed E-state index contributed by atoms with van der Waals surface area (Å²) in [7, 11) is 1.64. The summed E-state index contributed by atoms with van der Waals surface area (Å²) in [6, 6.07) is 22.4. The molecular formula is C29H22N4O4. The number of carbonyl (C=O) groups is 2. The number of carbonyl (C=O) groups excluding carboxylic acids is 2. The van der Waals surface area contributed by atoms with E-state index in [9.17, 15) is 9.59 Å². The van der Waals surface area contributed by atoms with Gasteiger partial charge >= 0.3 is 0 Å². The molecule has 0 spiro atoms. The summed E-state index contributed by atoms with van der Waals surface area (Å²) < 4.78 is 11.7. The van der Waals surface area contributed by atoms with Crippen molar-refractivity contribution in [1.82, 2.24) is 15.3 Å². The number of amides is 2. The van der Waals surface area contributed by atoms with Crippen LogP contribution in [0, 0.1) is 11.8 Å². The van der Waals surface area contributed by atoms with E-state index < -0.39 is 11.9 Å². The minimum absolute atomic E-state index is 0.0424. The Hall–Kier alpha value is -5.16. The highest BCUT2D eigenvalue weighted by Crippen LogP contribution is 2.31. The second-order valence-electron chi connectivity index (χ2n) is 8.17. The standard InChI is InChI=1S/C29H22N4O4/c1-33-26-13-11-20(10-12-21-7-5-6-15-30-21)17-27(26)36-19-25(29(33)35)32-28(34)24-18-23(14-16-31-24)37-22-8-3-2-4-9-22/h2-9,11,13-18,25H,19H2,1H3,(H,32,34). The van der Waals surface area contributed by atoms with E-state index in [4.69, 9.17) is 9.47 Å². The van der Waals surface area contributed by atoms with Crippen LogP contribution in [0.15, 0.2) is 91.3 Å². The molecule has 2 aromatic carbocycles. The third-order valence-electron chi connectivity index (χ3n) is 5.60. The topological polar surface area (TPSA) is 93.7 Å². The van der Waals surface area contributed by atoms with E-state index in [1.807, 2.05) is 54.6 Å². The lowest BCUT2D eigenvalue weighted by Crippen LogP contribution is -2.49. The summed E-state index contributed by atoms with van der Waals surface area (Å²) in [5.74, 6) is 6.83. The molecule has 37 heavy (non-hydrogen) atoms. The zero-order valence-corrected chi connectivity index (χ0v) is 19.9. The number of benzene rings is 2. The summed E-state index contributed by atoms with van der Waals surface area (Å²) >= 11 is 0. The fourth-order valence-corrected chi connectivity index (χ4v) is 3.71. The van der Waals surface area contributed by atoms with Gasteiger partial charge in [0.15, 0.2) is 0 Å². The quantitative estimate of drug-likeness (QED) is 0.437. The van der Waals surface area contributed by atoms with Gasteiger partial charge in [0.25, 0.3) is 11.8 Å². The van der Waals surface area contributed by atoms with E-state index in [0.29, 0.717) is 34.2 Å². The van der Waals surface area contributed by atoms with Crippen molar-refractivity contribution in [3.8, 4) is 29.1 Å². The number of fused-ring (bicyclic) bond motifs is 1. The molecule has 0 fully saturated rings. The molecule has 0 saturated carbocycles. The Morgan fingerprint density at radius 3 is 2.62 bits per heavy atom. The second-order valence-corrected chi connectivity index (χ2v) is 8.17. The van der Waals surface area contributed by atoms with E-state index in [1.165, 1.54) is 17.2 Å². The highest BCUT2D eigenvalue weighted by Gasteiger charge is 2.31. The maximum absolute atomic E-state index is 13.1. The fourth-order valence-electron chi connectivity index (χ4n) is 3.71. The Morgan fingerprint density at radius 1 is 0.973 bits per heavy atom. The van der Waals surface area contributed by atoms with Gasteiger partial charge in [0.05, 0.1) is 5.69 Å². The number of nitrogens with one attached hydrogen (secondary N) is 1. The third-order valence-corrected chi connectivity index (χ3v) is 5.60. The van der Waals surface area contributed by atoms with Gasteiger partial charge in [0, 0.05) is 31.1 Å². The summed E-state index contributed by atoms with van der Waals surface area (Å²) in [5, 5.41) is 2.73. The number of ether oxygens (including phenoxy) is 2. The molecule has 0 aliphatic carbocycles. The monoisotopic (exact) mass is 490 g/mol. The molecule has 8 heteroatoms. The summed E-state index contributed by atoms with van der Waals surface area (Å²) in [4.78, 5) is 35.9. The van der Waals surface area contributed by atoms with Crippen molar-refractivity contribution < 1.29 is 19.1 Å². The van der Waals surface area contributed by atoms with Crippen LogP contribution < -0.4 is 19.7 Å².